The molecule has 96 valence electrons. The zero-order chi connectivity index (χ0) is 12.5. The highest BCUT2D eigenvalue weighted by Crippen LogP contribution is 2.39. The van der Waals surface area contributed by atoms with Crippen LogP contribution >= 0.6 is 7.60 Å². The van der Waals surface area contributed by atoms with E-state index >= 15 is 0 Å². The van der Waals surface area contributed by atoms with Crippen LogP contribution in [0.3, 0.4) is 0 Å². The lowest BCUT2D eigenvalue weighted by molar-refractivity contribution is -0.206. The number of alkyl halides is 1. The van der Waals surface area contributed by atoms with Crippen molar-refractivity contribution in [3.63, 3.8) is 0 Å². The van der Waals surface area contributed by atoms with Crippen LogP contribution in [-0.2, 0) is 9.30 Å². The van der Waals surface area contributed by atoms with Gasteiger partial charge in [0.1, 0.15) is 24.4 Å². The van der Waals surface area contributed by atoms with Crippen LogP contribution in [0.4, 0.5) is 4.39 Å². The van der Waals surface area contributed by atoms with Crippen LogP contribution in [-0.4, -0.2) is 68.5 Å². The molecule has 0 spiro atoms. The molecule has 5 atom stereocenters. The van der Waals surface area contributed by atoms with Crippen LogP contribution in [0.5, 0.6) is 0 Å². The highest BCUT2D eigenvalue weighted by atomic mass is 31.2. The predicted molar refractivity (Wildman–Crippen MR) is 49.6 cm³/mol. The summed E-state index contributed by atoms with van der Waals surface area (Å²) in [5, 5.41) is 27.3. The third-order valence-corrected chi connectivity index (χ3v) is 3.20. The van der Waals surface area contributed by atoms with E-state index in [1.807, 2.05) is 0 Å². The lowest BCUT2D eigenvalue weighted by atomic mass is 9.97. The summed E-state index contributed by atoms with van der Waals surface area (Å²) in [7, 11) is -4.49. The Labute approximate surface area is 90.6 Å². The third kappa shape index (κ3) is 3.21. The van der Waals surface area contributed by atoms with Crippen molar-refractivity contribution in [2.24, 2.45) is 0 Å². The molecule has 0 unspecified atom stereocenters. The maximum absolute atomic E-state index is 13.4. The Morgan fingerprint density at radius 3 is 2.19 bits per heavy atom. The molecule has 0 amide bonds. The number of aliphatic hydroxyl groups excluding tert-OH is 3. The van der Waals surface area contributed by atoms with Gasteiger partial charge in [-0.2, -0.15) is 0 Å². The zero-order valence-electron chi connectivity index (χ0n) is 8.18. The fraction of sp³-hybridized carbons (Fsp3) is 1.00. The van der Waals surface area contributed by atoms with Crippen molar-refractivity contribution < 1.29 is 38.8 Å². The molecule has 0 aromatic carbocycles. The minimum atomic E-state index is -4.49. The SMILES string of the molecule is O=P(O)(O)C[C@H]1O[C@H](CO)[C@@H](O)[C@H](O)[C@@H]1F. The molecule has 0 aliphatic carbocycles. The second-order valence-corrected chi connectivity index (χ2v) is 5.36. The highest BCUT2D eigenvalue weighted by molar-refractivity contribution is 7.51. The van der Waals surface area contributed by atoms with Crippen LogP contribution in [0, 0.1) is 0 Å². The minimum Gasteiger partial charge on any atom is -0.394 e. The predicted octanol–water partition coefficient (Wildman–Crippen LogP) is -2.02. The Morgan fingerprint density at radius 2 is 1.75 bits per heavy atom. The van der Waals surface area contributed by atoms with Crippen molar-refractivity contribution in [3.8, 4) is 0 Å². The molecule has 0 radical (unpaired) electrons. The molecule has 0 aromatic rings. The van der Waals surface area contributed by atoms with Gasteiger partial charge in [-0.05, 0) is 0 Å². The molecule has 7 nitrogen and oxygen atoms in total. The van der Waals surface area contributed by atoms with Gasteiger partial charge < -0.3 is 29.8 Å². The Hall–Kier alpha value is -0.0800. The van der Waals surface area contributed by atoms with E-state index in [1.54, 1.807) is 0 Å². The molecule has 1 rings (SSSR count). The Balaban J connectivity index is 2.75. The molecule has 5 N–H and O–H groups in total. The first-order chi connectivity index (χ1) is 7.26. The summed E-state index contributed by atoms with van der Waals surface area (Å²) in [6.07, 6.45) is -9.26. The van der Waals surface area contributed by atoms with Gasteiger partial charge in [0.25, 0.3) is 0 Å². The van der Waals surface area contributed by atoms with Crippen molar-refractivity contribution in [2.75, 3.05) is 12.8 Å². The molecule has 9 heteroatoms. The van der Waals surface area contributed by atoms with Crippen LogP contribution in [0.25, 0.3) is 0 Å². The van der Waals surface area contributed by atoms with Gasteiger partial charge in [-0.25, -0.2) is 4.39 Å². The van der Waals surface area contributed by atoms with Crippen molar-refractivity contribution >= 4 is 7.60 Å². The van der Waals surface area contributed by atoms with E-state index in [9.17, 15) is 19.2 Å². The molecule has 1 aliphatic rings. The first-order valence-electron chi connectivity index (χ1n) is 4.57. The van der Waals surface area contributed by atoms with Crippen LogP contribution in [0.1, 0.15) is 0 Å². The number of aliphatic hydroxyl groups is 3. The molecule has 1 fully saturated rings. The van der Waals surface area contributed by atoms with Gasteiger partial charge in [-0.1, -0.05) is 0 Å². The van der Waals surface area contributed by atoms with E-state index in [-0.39, 0.29) is 0 Å². The van der Waals surface area contributed by atoms with E-state index in [2.05, 4.69) is 0 Å². The van der Waals surface area contributed by atoms with E-state index in [0.717, 1.165) is 0 Å². The molecule has 16 heavy (non-hydrogen) atoms. The topological polar surface area (TPSA) is 127 Å². The number of halogens is 1. The summed E-state index contributed by atoms with van der Waals surface area (Å²) < 4.78 is 28.8. The standard InChI is InChI=1S/C7H14FO7P/c8-5-4(2-16(12,13)14)15-3(1-9)6(10)7(5)11/h3-7,9-11H,1-2H2,(H2,12,13,14)/t3-,4-,5-,6-,7-/m1/s1. The Morgan fingerprint density at radius 1 is 1.19 bits per heavy atom. The second kappa shape index (κ2) is 5.05. The quantitative estimate of drug-likeness (QED) is 0.371. The van der Waals surface area contributed by atoms with E-state index in [1.165, 1.54) is 0 Å². The fourth-order valence-electron chi connectivity index (χ4n) is 1.54. The second-order valence-electron chi connectivity index (χ2n) is 3.67. The molecule has 0 saturated carbocycles. The first-order valence-corrected chi connectivity index (χ1v) is 6.37. The van der Waals surface area contributed by atoms with Gasteiger partial charge in [0.2, 0.25) is 0 Å². The summed E-state index contributed by atoms with van der Waals surface area (Å²) in [6.45, 7) is -0.678. The van der Waals surface area contributed by atoms with Crippen LogP contribution in [0.15, 0.2) is 0 Å². The Bertz CT molecular complexity index is 280. The number of ether oxygens (including phenoxy) is 1. The lowest BCUT2D eigenvalue weighted by Gasteiger charge is -2.38. The van der Waals surface area contributed by atoms with Crippen LogP contribution < -0.4 is 0 Å². The molecule has 0 aromatic heterocycles. The van der Waals surface area contributed by atoms with E-state index in [0.29, 0.717) is 0 Å². The van der Waals surface area contributed by atoms with Crippen molar-refractivity contribution in [1.29, 1.82) is 0 Å². The van der Waals surface area contributed by atoms with E-state index < -0.39 is 51.0 Å². The zero-order valence-corrected chi connectivity index (χ0v) is 9.07. The average molecular weight is 260 g/mol. The van der Waals surface area contributed by atoms with Gasteiger partial charge in [0, 0.05) is 0 Å². The summed E-state index contributed by atoms with van der Waals surface area (Å²) in [6, 6.07) is 0. The van der Waals surface area contributed by atoms with Gasteiger partial charge in [0.05, 0.1) is 12.8 Å². The maximum Gasteiger partial charge on any atom is 0.328 e. The summed E-state index contributed by atoms with van der Waals surface area (Å²) in [5.41, 5.74) is 0. The van der Waals surface area contributed by atoms with Crippen molar-refractivity contribution in [1.82, 2.24) is 0 Å². The highest BCUT2D eigenvalue weighted by Gasteiger charge is 2.46. The summed E-state index contributed by atoms with van der Waals surface area (Å²) >= 11 is 0. The molecular weight excluding hydrogens is 246 g/mol. The van der Waals surface area contributed by atoms with Crippen molar-refractivity contribution in [3.05, 3.63) is 0 Å². The van der Waals surface area contributed by atoms with Gasteiger partial charge >= 0.3 is 7.60 Å². The molecule has 0 bridgehead atoms. The van der Waals surface area contributed by atoms with E-state index in [4.69, 9.17) is 19.6 Å². The fourth-order valence-corrected chi connectivity index (χ4v) is 2.29. The van der Waals surface area contributed by atoms with Gasteiger partial charge in [0.15, 0.2) is 6.17 Å². The molecule has 1 aliphatic heterocycles. The molecular formula is C7H14FO7P. The number of hydrogen-bond acceptors (Lipinski definition) is 5. The molecule has 1 heterocycles. The monoisotopic (exact) mass is 260 g/mol. The number of rotatable bonds is 3. The normalized spacial score (nSPS) is 41.0. The lowest BCUT2D eigenvalue weighted by Crippen LogP contribution is -2.57. The summed E-state index contributed by atoms with van der Waals surface area (Å²) in [5.74, 6) is 0. The minimum absolute atomic E-state index is 0.678. The average Bonchev–Trinajstić information content (AvgIpc) is 2.17. The smallest absolute Gasteiger partial charge is 0.328 e. The van der Waals surface area contributed by atoms with Crippen molar-refractivity contribution in [2.45, 2.75) is 30.6 Å². The summed E-state index contributed by atoms with van der Waals surface area (Å²) in [4.78, 5) is 17.3. The number of hydrogen-bond donors (Lipinski definition) is 5. The Kier molecular flexibility index (Phi) is 4.42. The largest absolute Gasteiger partial charge is 0.394 e. The van der Waals surface area contributed by atoms with Gasteiger partial charge in [-0.3, -0.25) is 4.57 Å². The first kappa shape index (κ1) is 14.0. The maximum atomic E-state index is 13.4. The van der Waals surface area contributed by atoms with Crippen LogP contribution in [0.2, 0.25) is 0 Å². The molecule has 1 saturated heterocycles. The third-order valence-electron chi connectivity index (χ3n) is 2.36. The van der Waals surface area contributed by atoms with Gasteiger partial charge in [-0.15, -0.1) is 0 Å².